The summed E-state index contributed by atoms with van der Waals surface area (Å²) < 4.78 is 3.98. The predicted molar refractivity (Wildman–Crippen MR) is 134 cm³/mol. The second kappa shape index (κ2) is 10.4. The van der Waals surface area contributed by atoms with Crippen molar-refractivity contribution in [3.05, 3.63) is 68.4 Å². The van der Waals surface area contributed by atoms with Gasteiger partial charge < -0.3 is 21.7 Å². The molecule has 10 heteroatoms. The topological polar surface area (TPSA) is 131 Å². The Bertz CT molecular complexity index is 1170. The van der Waals surface area contributed by atoms with E-state index in [-0.39, 0.29) is 34.8 Å². The number of benzene rings is 1. The molecule has 3 aromatic rings. The van der Waals surface area contributed by atoms with Crippen LogP contribution >= 0.6 is 22.9 Å². The number of aromatic nitrogens is 1. The van der Waals surface area contributed by atoms with Crippen LogP contribution in [0.25, 0.3) is 0 Å². The molecule has 2 heterocycles. The standard InChI is InChI=1S/C24H27N5O3S2/c1-14-8-10-15(11-9-14)20(23(31)27-16-5-2-3-6-16)29(13-17-7-4-12-33-17)24(32)21-18(25)19(22(26)30)28-34-21/h4,7-12,16,20H,2-3,5-6,13,25H2,1H3,(H2,26,30)(H,27,31). The van der Waals surface area contributed by atoms with Gasteiger partial charge in [-0.3, -0.25) is 14.4 Å². The van der Waals surface area contributed by atoms with Crippen molar-refractivity contribution < 1.29 is 14.4 Å². The maximum absolute atomic E-state index is 13.8. The lowest BCUT2D eigenvalue weighted by atomic mass is 10.0. The van der Waals surface area contributed by atoms with E-state index in [0.717, 1.165) is 47.7 Å². The van der Waals surface area contributed by atoms with Crippen molar-refractivity contribution in [1.82, 2.24) is 14.6 Å². The monoisotopic (exact) mass is 497 g/mol. The fraction of sp³-hybridized carbons (Fsp3) is 0.333. The minimum atomic E-state index is -0.880. The SMILES string of the molecule is Cc1ccc(C(C(=O)NC2CCCC2)N(Cc2cccs2)C(=O)c2snc(C(N)=O)c2N)cc1. The molecular weight excluding hydrogens is 470 g/mol. The lowest BCUT2D eigenvalue weighted by molar-refractivity contribution is -0.126. The first-order valence-electron chi connectivity index (χ1n) is 11.1. The first-order chi connectivity index (χ1) is 16.3. The average molecular weight is 498 g/mol. The van der Waals surface area contributed by atoms with Crippen molar-refractivity contribution in [3.8, 4) is 0 Å². The summed E-state index contributed by atoms with van der Waals surface area (Å²) in [6, 6.07) is 10.6. The molecular formula is C24H27N5O3S2. The number of nitrogens with one attached hydrogen (secondary N) is 1. The number of thiophene rings is 1. The lowest BCUT2D eigenvalue weighted by Crippen LogP contribution is -2.45. The Morgan fingerprint density at radius 2 is 1.88 bits per heavy atom. The third-order valence-electron chi connectivity index (χ3n) is 5.98. The highest BCUT2D eigenvalue weighted by Crippen LogP contribution is 2.31. The molecule has 8 nitrogen and oxygen atoms in total. The normalized spacial score (nSPS) is 14.6. The summed E-state index contributed by atoms with van der Waals surface area (Å²) in [5.41, 5.74) is 13.0. The number of hydrogen-bond donors (Lipinski definition) is 3. The van der Waals surface area contributed by atoms with Crippen LogP contribution in [0.15, 0.2) is 41.8 Å². The van der Waals surface area contributed by atoms with Gasteiger partial charge in [-0.2, -0.15) is 4.37 Å². The van der Waals surface area contributed by atoms with E-state index in [4.69, 9.17) is 11.5 Å². The van der Waals surface area contributed by atoms with Crippen LogP contribution in [-0.2, 0) is 11.3 Å². The molecule has 0 saturated heterocycles. The average Bonchev–Trinajstić information content (AvgIpc) is 3.57. The molecule has 1 unspecified atom stereocenters. The molecule has 5 N–H and O–H groups in total. The Labute approximate surface area is 206 Å². The van der Waals surface area contributed by atoms with Gasteiger partial charge in [-0.1, -0.05) is 48.7 Å². The molecule has 0 spiro atoms. The number of anilines is 1. The molecule has 1 aromatic carbocycles. The first-order valence-corrected chi connectivity index (χ1v) is 12.8. The van der Waals surface area contributed by atoms with Crippen LogP contribution in [0.2, 0.25) is 0 Å². The van der Waals surface area contributed by atoms with E-state index in [0.29, 0.717) is 5.56 Å². The molecule has 0 bridgehead atoms. The summed E-state index contributed by atoms with van der Waals surface area (Å²) in [4.78, 5) is 41.7. The third-order valence-corrected chi connectivity index (χ3v) is 7.69. The van der Waals surface area contributed by atoms with Crippen LogP contribution in [0.1, 0.15) is 67.9 Å². The number of amides is 3. The van der Waals surface area contributed by atoms with Crippen LogP contribution < -0.4 is 16.8 Å². The highest BCUT2D eigenvalue weighted by Gasteiger charge is 2.36. The summed E-state index contributed by atoms with van der Waals surface area (Å²) in [5.74, 6) is -1.51. The van der Waals surface area contributed by atoms with E-state index in [9.17, 15) is 14.4 Å². The fourth-order valence-electron chi connectivity index (χ4n) is 4.18. The smallest absolute Gasteiger partial charge is 0.270 e. The zero-order valence-electron chi connectivity index (χ0n) is 18.8. The van der Waals surface area contributed by atoms with E-state index < -0.39 is 17.9 Å². The van der Waals surface area contributed by atoms with Crippen molar-refractivity contribution in [2.75, 3.05) is 5.73 Å². The van der Waals surface area contributed by atoms with Crippen molar-refractivity contribution in [1.29, 1.82) is 0 Å². The summed E-state index contributed by atoms with van der Waals surface area (Å²) in [7, 11) is 0. The fourth-order valence-corrected chi connectivity index (χ4v) is 5.65. The molecule has 1 fully saturated rings. The number of rotatable bonds is 8. The van der Waals surface area contributed by atoms with Gasteiger partial charge in [-0.05, 0) is 48.3 Å². The molecule has 4 rings (SSSR count). The lowest BCUT2D eigenvalue weighted by Gasteiger charge is -2.32. The number of hydrogen-bond acceptors (Lipinski definition) is 7. The van der Waals surface area contributed by atoms with Gasteiger partial charge in [0.25, 0.3) is 11.8 Å². The molecule has 1 aliphatic rings. The van der Waals surface area contributed by atoms with E-state index in [1.165, 1.54) is 16.2 Å². The molecule has 178 valence electrons. The quantitative estimate of drug-likeness (QED) is 0.437. The van der Waals surface area contributed by atoms with Gasteiger partial charge in [0, 0.05) is 10.9 Å². The van der Waals surface area contributed by atoms with Crippen LogP contribution in [0.3, 0.4) is 0 Å². The Balaban J connectivity index is 1.76. The number of primary amides is 1. The molecule has 1 atom stereocenters. The van der Waals surface area contributed by atoms with Gasteiger partial charge in [-0.15, -0.1) is 11.3 Å². The van der Waals surface area contributed by atoms with Gasteiger partial charge in [0.15, 0.2) is 5.69 Å². The maximum Gasteiger partial charge on any atom is 0.270 e. The minimum Gasteiger partial charge on any atom is -0.395 e. The summed E-state index contributed by atoms with van der Waals surface area (Å²) in [6.07, 6.45) is 4.00. The molecule has 0 radical (unpaired) electrons. The van der Waals surface area contributed by atoms with Gasteiger partial charge in [-0.25, -0.2) is 0 Å². The number of nitrogen functional groups attached to an aromatic ring is 1. The van der Waals surface area contributed by atoms with E-state index >= 15 is 0 Å². The number of carbonyl (C=O) groups excluding carboxylic acids is 3. The van der Waals surface area contributed by atoms with E-state index in [2.05, 4.69) is 9.69 Å². The Hall–Kier alpha value is -3.24. The number of aryl methyl sites for hydroxylation is 1. The summed E-state index contributed by atoms with van der Waals surface area (Å²) in [6.45, 7) is 2.17. The molecule has 1 saturated carbocycles. The summed E-state index contributed by atoms with van der Waals surface area (Å²) in [5, 5.41) is 5.07. The van der Waals surface area contributed by atoms with Crippen molar-refractivity contribution >= 4 is 46.3 Å². The number of nitrogens with zero attached hydrogens (tertiary/aromatic N) is 2. The Morgan fingerprint density at radius 1 is 1.18 bits per heavy atom. The van der Waals surface area contributed by atoms with E-state index in [1.54, 1.807) is 0 Å². The first kappa shape index (κ1) is 23.9. The second-order valence-corrected chi connectivity index (χ2v) is 10.3. The van der Waals surface area contributed by atoms with Crippen molar-refractivity contribution in [2.45, 2.75) is 51.2 Å². The largest absolute Gasteiger partial charge is 0.395 e. The van der Waals surface area contributed by atoms with Gasteiger partial charge in [0.2, 0.25) is 5.91 Å². The molecule has 1 aliphatic carbocycles. The highest BCUT2D eigenvalue weighted by molar-refractivity contribution is 7.10. The Kier molecular flexibility index (Phi) is 7.28. The predicted octanol–water partition coefficient (Wildman–Crippen LogP) is 3.64. The second-order valence-electron chi connectivity index (χ2n) is 8.45. The third kappa shape index (κ3) is 5.13. The maximum atomic E-state index is 13.8. The highest BCUT2D eigenvalue weighted by atomic mass is 32.1. The Morgan fingerprint density at radius 3 is 2.47 bits per heavy atom. The van der Waals surface area contributed by atoms with Crippen LogP contribution in [-0.4, -0.2) is 33.0 Å². The zero-order valence-corrected chi connectivity index (χ0v) is 20.5. The van der Waals surface area contributed by atoms with Gasteiger partial charge in [0.1, 0.15) is 10.9 Å². The van der Waals surface area contributed by atoms with Gasteiger partial charge >= 0.3 is 0 Å². The van der Waals surface area contributed by atoms with Crippen molar-refractivity contribution in [3.63, 3.8) is 0 Å². The van der Waals surface area contributed by atoms with Gasteiger partial charge in [0.05, 0.1) is 12.2 Å². The van der Waals surface area contributed by atoms with Crippen LogP contribution in [0.4, 0.5) is 5.69 Å². The van der Waals surface area contributed by atoms with E-state index in [1.807, 2.05) is 48.7 Å². The van der Waals surface area contributed by atoms with Crippen LogP contribution in [0, 0.1) is 6.92 Å². The number of nitrogens with two attached hydrogens (primary N) is 2. The van der Waals surface area contributed by atoms with Crippen molar-refractivity contribution in [2.24, 2.45) is 5.73 Å². The van der Waals surface area contributed by atoms with Crippen LogP contribution in [0.5, 0.6) is 0 Å². The molecule has 2 aromatic heterocycles. The molecule has 3 amide bonds. The number of carbonyl (C=O) groups is 3. The summed E-state index contributed by atoms with van der Waals surface area (Å²) >= 11 is 2.31. The molecule has 34 heavy (non-hydrogen) atoms. The zero-order chi connectivity index (χ0) is 24.2. The minimum absolute atomic E-state index is 0.0578. The molecule has 0 aliphatic heterocycles.